The lowest BCUT2D eigenvalue weighted by atomic mass is 10.2. The van der Waals surface area contributed by atoms with Gasteiger partial charge in [0, 0.05) is 12.5 Å². The van der Waals surface area contributed by atoms with Gasteiger partial charge in [-0.1, -0.05) is 91.0 Å². The minimum Gasteiger partial charge on any atom is -0.443 e. The van der Waals surface area contributed by atoms with Crippen LogP contribution < -0.4 is 15.9 Å². The molecule has 0 spiro atoms. The number of benzene rings is 3. The molecule has 5 heteroatoms. The number of carbonyl (C=O) groups is 2. The van der Waals surface area contributed by atoms with E-state index < -0.39 is 18.6 Å². The van der Waals surface area contributed by atoms with Gasteiger partial charge in [-0.3, -0.25) is 4.79 Å². The van der Waals surface area contributed by atoms with Crippen molar-refractivity contribution in [2.75, 3.05) is 0 Å². The van der Waals surface area contributed by atoms with E-state index in [1.165, 1.54) is 4.90 Å². The summed E-state index contributed by atoms with van der Waals surface area (Å²) < 4.78 is 5.70. The van der Waals surface area contributed by atoms with E-state index in [-0.39, 0.29) is 5.91 Å². The Kier molecular flexibility index (Phi) is 6.14. The number of nitrogens with zero attached hydrogens (tertiary/aromatic N) is 1. The average Bonchev–Trinajstić information content (AvgIpc) is 3.10. The Morgan fingerprint density at radius 3 is 1.52 bits per heavy atom. The van der Waals surface area contributed by atoms with E-state index in [1.807, 2.05) is 60.7 Å². The summed E-state index contributed by atoms with van der Waals surface area (Å²) in [6.07, 6.45) is 1.22. The average molecular weight is 458 g/mol. The molecular formula is C28H28NO3P. The minimum atomic E-state index is -2.61. The molecule has 33 heavy (non-hydrogen) atoms. The Morgan fingerprint density at radius 1 is 0.758 bits per heavy atom. The van der Waals surface area contributed by atoms with Crippen molar-refractivity contribution in [2.24, 2.45) is 0 Å². The normalized spacial score (nSPS) is 14.3. The second-order valence-corrected chi connectivity index (χ2v) is 12.3. The molecule has 1 heterocycles. The van der Waals surface area contributed by atoms with Crippen molar-refractivity contribution in [2.45, 2.75) is 33.3 Å². The molecule has 1 aliphatic rings. The van der Waals surface area contributed by atoms with Gasteiger partial charge in [0.25, 0.3) is 5.91 Å². The van der Waals surface area contributed by atoms with Gasteiger partial charge in [-0.25, -0.2) is 9.69 Å². The zero-order chi connectivity index (χ0) is 23.6. The van der Waals surface area contributed by atoms with Gasteiger partial charge in [0.05, 0.1) is 5.42 Å². The van der Waals surface area contributed by atoms with E-state index in [0.29, 0.717) is 11.0 Å². The van der Waals surface area contributed by atoms with Crippen LogP contribution in [-0.2, 0) is 9.53 Å². The fourth-order valence-corrected chi connectivity index (χ4v) is 8.54. The molecule has 0 aromatic heterocycles. The summed E-state index contributed by atoms with van der Waals surface area (Å²) in [5.74, 6) is -0.341. The molecule has 1 aliphatic heterocycles. The first kappa shape index (κ1) is 22.8. The van der Waals surface area contributed by atoms with Gasteiger partial charge in [0.15, 0.2) is 0 Å². The maximum atomic E-state index is 13.4. The van der Waals surface area contributed by atoms with E-state index in [1.54, 1.807) is 27.7 Å². The number of rotatable bonds is 3. The molecule has 2 amide bonds. The first-order chi connectivity index (χ1) is 15.7. The SMILES string of the molecule is CC1=CC(=P(c2ccccc2)(c2ccccc2)c2ccccc2)N(C(=O)OC(C)(C)C)C1=O. The van der Waals surface area contributed by atoms with Gasteiger partial charge in [-0.2, -0.15) is 0 Å². The van der Waals surface area contributed by atoms with E-state index in [2.05, 4.69) is 36.4 Å². The molecule has 0 aliphatic carbocycles. The molecule has 3 aromatic carbocycles. The second kappa shape index (κ2) is 8.88. The summed E-state index contributed by atoms with van der Waals surface area (Å²) in [4.78, 5) is 28.0. The Morgan fingerprint density at radius 2 is 1.15 bits per heavy atom. The van der Waals surface area contributed by atoms with Crippen LogP contribution in [0.3, 0.4) is 0 Å². The molecule has 0 radical (unpaired) electrons. The predicted molar refractivity (Wildman–Crippen MR) is 137 cm³/mol. The molecule has 0 saturated carbocycles. The topological polar surface area (TPSA) is 46.6 Å². The molecule has 0 saturated heterocycles. The van der Waals surface area contributed by atoms with Crippen LogP contribution in [0, 0.1) is 0 Å². The smallest absolute Gasteiger partial charge is 0.422 e. The number of imide groups is 1. The van der Waals surface area contributed by atoms with Crippen molar-refractivity contribution < 1.29 is 14.3 Å². The van der Waals surface area contributed by atoms with Crippen molar-refractivity contribution in [3.8, 4) is 0 Å². The van der Waals surface area contributed by atoms with Crippen molar-refractivity contribution in [1.82, 2.24) is 4.90 Å². The molecule has 0 bridgehead atoms. The summed E-state index contributed by atoms with van der Waals surface area (Å²) in [6.45, 7) is 4.56. The van der Waals surface area contributed by atoms with Crippen molar-refractivity contribution in [1.29, 1.82) is 0 Å². The van der Waals surface area contributed by atoms with Gasteiger partial charge >= 0.3 is 6.09 Å². The molecular weight excluding hydrogens is 429 g/mol. The zero-order valence-electron chi connectivity index (χ0n) is 19.4. The zero-order valence-corrected chi connectivity index (χ0v) is 20.3. The summed E-state index contributed by atoms with van der Waals surface area (Å²) >= 11 is 0. The Hall–Kier alpha value is -3.36. The van der Waals surface area contributed by atoms with Crippen LogP contribution in [0.2, 0.25) is 0 Å². The van der Waals surface area contributed by atoms with Gasteiger partial charge < -0.3 is 4.74 Å². The van der Waals surface area contributed by atoms with Gasteiger partial charge in [-0.15, -0.1) is 0 Å². The lowest BCUT2D eigenvalue weighted by Gasteiger charge is -2.34. The highest BCUT2D eigenvalue weighted by Crippen LogP contribution is 2.48. The van der Waals surface area contributed by atoms with Crippen LogP contribution in [0.5, 0.6) is 0 Å². The fraction of sp³-hybridized carbons (Fsp3) is 0.179. The molecule has 4 rings (SSSR count). The second-order valence-electron chi connectivity index (χ2n) is 8.98. The van der Waals surface area contributed by atoms with Gasteiger partial charge in [0.1, 0.15) is 5.60 Å². The van der Waals surface area contributed by atoms with E-state index in [4.69, 9.17) is 4.74 Å². The van der Waals surface area contributed by atoms with Crippen molar-refractivity contribution in [3.05, 3.63) is 103 Å². The highest BCUT2D eigenvalue weighted by atomic mass is 31.2. The Balaban J connectivity index is 2.18. The highest BCUT2D eigenvalue weighted by Gasteiger charge is 2.41. The summed E-state index contributed by atoms with van der Waals surface area (Å²) in [6, 6.07) is 30.4. The monoisotopic (exact) mass is 457 g/mol. The molecule has 168 valence electrons. The number of ether oxygens (including phenoxy) is 1. The Labute approximate surface area is 195 Å². The maximum absolute atomic E-state index is 13.4. The first-order valence-electron chi connectivity index (χ1n) is 10.9. The predicted octanol–water partition coefficient (Wildman–Crippen LogP) is 4.83. The van der Waals surface area contributed by atoms with Gasteiger partial charge in [-0.05, 0) is 49.7 Å². The molecule has 0 atom stereocenters. The third kappa shape index (κ3) is 4.19. The minimum absolute atomic E-state index is 0.341. The quantitative estimate of drug-likeness (QED) is 0.529. The molecule has 0 N–H and O–H groups in total. The van der Waals surface area contributed by atoms with Crippen LogP contribution in [0.1, 0.15) is 27.7 Å². The summed E-state index contributed by atoms with van der Waals surface area (Å²) in [7, 11) is 0. The fourth-order valence-electron chi connectivity index (χ4n) is 4.13. The molecule has 3 aromatic rings. The third-order valence-corrected chi connectivity index (χ3v) is 9.70. The maximum Gasteiger partial charge on any atom is 0.422 e. The summed E-state index contributed by atoms with van der Waals surface area (Å²) in [5, 5.41) is 3.18. The first-order valence-corrected chi connectivity index (χ1v) is 12.7. The van der Waals surface area contributed by atoms with Crippen LogP contribution in [0.25, 0.3) is 0 Å². The van der Waals surface area contributed by atoms with Crippen molar-refractivity contribution in [3.63, 3.8) is 0 Å². The van der Waals surface area contributed by atoms with Crippen molar-refractivity contribution >= 4 is 40.2 Å². The molecule has 4 nitrogen and oxygen atoms in total. The number of hydrogen-bond acceptors (Lipinski definition) is 3. The number of hydrogen-bond donors (Lipinski definition) is 0. The van der Waals surface area contributed by atoms with Crippen LogP contribution in [0.4, 0.5) is 4.79 Å². The molecule has 0 unspecified atom stereocenters. The standard InChI is InChI=1S/C28H28NO3P/c1-21-20-25(29(26(21)30)27(31)32-28(2,3)4)33(22-14-8-5-9-15-22,23-16-10-6-11-17-23)24-18-12-7-13-19-24/h5-20H,1-4H3. The Bertz CT molecular complexity index is 1150. The molecule has 0 fully saturated rings. The third-order valence-electron chi connectivity index (χ3n) is 5.47. The lowest BCUT2D eigenvalue weighted by Crippen LogP contribution is -2.44. The number of carbonyl (C=O) groups excluding carboxylic acids is 2. The largest absolute Gasteiger partial charge is 0.443 e. The summed E-state index contributed by atoms with van der Waals surface area (Å²) in [5.41, 5.74) is 0.456. The van der Waals surface area contributed by atoms with Gasteiger partial charge in [0.2, 0.25) is 0 Å². The highest BCUT2D eigenvalue weighted by molar-refractivity contribution is 7.95. The van der Waals surface area contributed by atoms with E-state index in [9.17, 15) is 9.59 Å². The van der Waals surface area contributed by atoms with Crippen LogP contribution >= 0.6 is 6.89 Å². The number of amides is 2. The lowest BCUT2D eigenvalue weighted by molar-refractivity contribution is -0.122. The van der Waals surface area contributed by atoms with E-state index in [0.717, 1.165) is 15.9 Å². The van der Waals surface area contributed by atoms with E-state index >= 15 is 0 Å². The van der Waals surface area contributed by atoms with Crippen LogP contribution in [0.15, 0.2) is 103 Å². The van der Waals surface area contributed by atoms with Crippen LogP contribution in [-0.4, -0.2) is 27.9 Å².